The minimum atomic E-state index is 0.538. The summed E-state index contributed by atoms with van der Waals surface area (Å²) < 4.78 is 1.69. The molecule has 58 valence electrons. The van der Waals surface area contributed by atoms with E-state index in [1.54, 1.807) is 10.5 Å². The molecule has 1 aliphatic heterocycles. The van der Waals surface area contributed by atoms with Crippen LogP contribution in [0.2, 0.25) is 5.15 Å². The van der Waals surface area contributed by atoms with E-state index in [9.17, 15) is 0 Å². The maximum absolute atomic E-state index is 5.78. The fourth-order valence-electron chi connectivity index (χ4n) is 1.19. The maximum Gasteiger partial charge on any atom is 0.129 e. The largest absolute Gasteiger partial charge is 0.239 e. The molecule has 1 aliphatic rings. The van der Waals surface area contributed by atoms with Crippen LogP contribution in [-0.2, 0) is 13.1 Å². The lowest BCUT2D eigenvalue weighted by Crippen LogP contribution is -1.99. The molecular formula is C7H6Cl2N2. The summed E-state index contributed by atoms with van der Waals surface area (Å²) in [5, 5.41) is 0.538. The minimum Gasteiger partial charge on any atom is -0.239 e. The molecule has 0 aliphatic carbocycles. The van der Waals surface area contributed by atoms with E-state index in [1.165, 1.54) is 5.56 Å². The zero-order chi connectivity index (χ0) is 7.84. The summed E-state index contributed by atoms with van der Waals surface area (Å²) in [6.07, 6.45) is 0. The molecule has 2 rings (SSSR count). The van der Waals surface area contributed by atoms with Crippen molar-refractivity contribution in [2.24, 2.45) is 0 Å². The Morgan fingerprint density at radius 2 is 2.18 bits per heavy atom. The van der Waals surface area contributed by atoms with Gasteiger partial charge in [-0.3, -0.25) is 0 Å². The van der Waals surface area contributed by atoms with Crippen LogP contribution in [0, 0.1) is 0 Å². The Bertz CT molecular complexity index is 288. The lowest BCUT2D eigenvalue weighted by atomic mass is 10.2. The van der Waals surface area contributed by atoms with Crippen LogP contribution in [0.15, 0.2) is 12.1 Å². The molecule has 0 fully saturated rings. The van der Waals surface area contributed by atoms with Crippen LogP contribution in [-0.4, -0.2) is 9.40 Å². The molecule has 0 spiro atoms. The third kappa shape index (κ3) is 1.34. The smallest absolute Gasteiger partial charge is 0.129 e. The summed E-state index contributed by atoms with van der Waals surface area (Å²) in [4.78, 5) is 4.14. The Balaban J connectivity index is 2.43. The van der Waals surface area contributed by atoms with Crippen molar-refractivity contribution in [2.75, 3.05) is 0 Å². The van der Waals surface area contributed by atoms with E-state index in [4.69, 9.17) is 23.4 Å². The van der Waals surface area contributed by atoms with Gasteiger partial charge in [-0.15, -0.1) is 0 Å². The summed E-state index contributed by atoms with van der Waals surface area (Å²) in [7, 11) is 0. The lowest BCUT2D eigenvalue weighted by molar-refractivity contribution is 0.487. The van der Waals surface area contributed by atoms with Gasteiger partial charge in [0.05, 0.1) is 12.2 Å². The normalized spacial score (nSPS) is 16.9. The van der Waals surface area contributed by atoms with Gasteiger partial charge < -0.3 is 0 Å². The van der Waals surface area contributed by atoms with Crippen LogP contribution in [0.5, 0.6) is 0 Å². The molecule has 0 radical (unpaired) electrons. The van der Waals surface area contributed by atoms with Crippen molar-refractivity contribution < 1.29 is 0 Å². The Kier molecular flexibility index (Phi) is 1.75. The number of pyridine rings is 1. The topological polar surface area (TPSA) is 16.1 Å². The molecular weight excluding hydrogens is 183 g/mol. The first kappa shape index (κ1) is 7.35. The van der Waals surface area contributed by atoms with Crippen LogP contribution in [0.25, 0.3) is 0 Å². The predicted octanol–water partition coefficient (Wildman–Crippen LogP) is 2.20. The summed E-state index contributed by atoms with van der Waals surface area (Å²) in [5.74, 6) is 0. The van der Waals surface area contributed by atoms with Crippen LogP contribution < -0.4 is 0 Å². The molecule has 11 heavy (non-hydrogen) atoms. The second-order valence-electron chi connectivity index (χ2n) is 2.52. The molecule has 0 unspecified atom stereocenters. The van der Waals surface area contributed by atoms with E-state index in [1.807, 2.05) is 6.07 Å². The highest BCUT2D eigenvalue weighted by Gasteiger charge is 2.17. The van der Waals surface area contributed by atoms with Crippen molar-refractivity contribution in [3.05, 3.63) is 28.5 Å². The first-order valence-corrected chi connectivity index (χ1v) is 4.02. The second kappa shape index (κ2) is 2.63. The summed E-state index contributed by atoms with van der Waals surface area (Å²) >= 11 is 11.5. The fraction of sp³-hybridized carbons (Fsp3) is 0.286. The summed E-state index contributed by atoms with van der Waals surface area (Å²) in [6.45, 7) is 1.46. The van der Waals surface area contributed by atoms with Crippen molar-refractivity contribution in [1.29, 1.82) is 0 Å². The molecule has 0 saturated carbocycles. The van der Waals surface area contributed by atoms with E-state index in [2.05, 4.69) is 4.98 Å². The zero-order valence-electron chi connectivity index (χ0n) is 5.72. The number of nitrogens with zero attached hydrogens (tertiary/aromatic N) is 2. The molecule has 0 saturated heterocycles. The van der Waals surface area contributed by atoms with Gasteiger partial charge in [-0.1, -0.05) is 17.7 Å². The van der Waals surface area contributed by atoms with Gasteiger partial charge in [-0.25, -0.2) is 9.40 Å². The number of hydrogen-bond acceptors (Lipinski definition) is 2. The number of hydrogen-bond donors (Lipinski definition) is 0. The predicted molar refractivity (Wildman–Crippen MR) is 44.3 cm³/mol. The van der Waals surface area contributed by atoms with Gasteiger partial charge in [0, 0.05) is 6.54 Å². The molecule has 0 amide bonds. The average molecular weight is 189 g/mol. The number of halogens is 2. The molecule has 0 N–H and O–H groups in total. The Labute approximate surface area is 74.9 Å². The van der Waals surface area contributed by atoms with Gasteiger partial charge in [0.2, 0.25) is 0 Å². The van der Waals surface area contributed by atoms with Crippen molar-refractivity contribution in [3.63, 3.8) is 0 Å². The van der Waals surface area contributed by atoms with E-state index in [-0.39, 0.29) is 0 Å². The molecule has 2 nitrogen and oxygen atoms in total. The van der Waals surface area contributed by atoms with E-state index in [0.29, 0.717) is 11.7 Å². The van der Waals surface area contributed by atoms with Gasteiger partial charge >= 0.3 is 0 Å². The highest BCUT2D eigenvalue weighted by molar-refractivity contribution is 6.29. The molecule has 1 aromatic rings. The number of aromatic nitrogens is 1. The monoisotopic (exact) mass is 188 g/mol. The van der Waals surface area contributed by atoms with Crippen molar-refractivity contribution in [2.45, 2.75) is 13.1 Å². The first-order valence-electron chi connectivity index (χ1n) is 3.31. The third-order valence-electron chi connectivity index (χ3n) is 1.70. The zero-order valence-corrected chi connectivity index (χ0v) is 7.23. The van der Waals surface area contributed by atoms with Crippen molar-refractivity contribution >= 4 is 23.4 Å². The van der Waals surface area contributed by atoms with Crippen molar-refractivity contribution in [3.8, 4) is 0 Å². The van der Waals surface area contributed by atoms with Gasteiger partial charge in [0.25, 0.3) is 0 Å². The van der Waals surface area contributed by atoms with Crippen LogP contribution in [0.1, 0.15) is 11.3 Å². The van der Waals surface area contributed by atoms with Crippen LogP contribution in [0.4, 0.5) is 0 Å². The third-order valence-corrected chi connectivity index (χ3v) is 2.15. The molecule has 1 aromatic heterocycles. The quantitative estimate of drug-likeness (QED) is 0.459. The van der Waals surface area contributed by atoms with E-state index in [0.717, 1.165) is 12.2 Å². The van der Waals surface area contributed by atoms with Gasteiger partial charge in [0.1, 0.15) is 5.15 Å². The Morgan fingerprint density at radius 1 is 1.36 bits per heavy atom. The number of fused-ring (bicyclic) bond motifs is 1. The second-order valence-corrected chi connectivity index (χ2v) is 3.38. The van der Waals surface area contributed by atoms with Gasteiger partial charge in [-0.05, 0) is 23.4 Å². The number of rotatable bonds is 0. The van der Waals surface area contributed by atoms with Crippen LogP contribution >= 0.6 is 23.4 Å². The molecule has 4 heteroatoms. The van der Waals surface area contributed by atoms with Gasteiger partial charge in [-0.2, -0.15) is 0 Å². The molecule has 2 heterocycles. The first-order chi connectivity index (χ1) is 5.25. The minimum absolute atomic E-state index is 0.538. The average Bonchev–Trinajstić information content (AvgIpc) is 2.27. The van der Waals surface area contributed by atoms with E-state index < -0.39 is 0 Å². The van der Waals surface area contributed by atoms with Crippen LogP contribution in [0.3, 0.4) is 0 Å². The lowest BCUT2D eigenvalue weighted by Gasteiger charge is -1.97. The SMILES string of the molecule is Clc1ccc2c(n1)CN(Cl)C2. The summed E-state index contributed by atoms with van der Waals surface area (Å²) in [6, 6.07) is 3.75. The van der Waals surface area contributed by atoms with E-state index >= 15 is 0 Å². The molecule has 0 atom stereocenters. The standard InChI is InChI=1S/C7H6Cl2N2/c8-7-2-1-5-3-11(9)4-6(5)10-7/h1-2H,3-4H2. The molecule has 0 aromatic carbocycles. The van der Waals surface area contributed by atoms with Gasteiger partial charge in [0.15, 0.2) is 0 Å². The highest BCUT2D eigenvalue weighted by Crippen LogP contribution is 2.23. The Hall–Kier alpha value is -0.310. The molecule has 0 bridgehead atoms. The summed E-state index contributed by atoms with van der Waals surface area (Å²) in [5.41, 5.74) is 2.16. The highest BCUT2D eigenvalue weighted by atomic mass is 35.5. The fourth-order valence-corrected chi connectivity index (χ4v) is 1.59. The van der Waals surface area contributed by atoms with Crippen molar-refractivity contribution in [1.82, 2.24) is 9.40 Å². The Morgan fingerprint density at radius 3 is 3.00 bits per heavy atom. The maximum atomic E-state index is 5.78.